The summed E-state index contributed by atoms with van der Waals surface area (Å²) in [6, 6.07) is 3.41. The lowest BCUT2D eigenvalue weighted by Crippen LogP contribution is -2.40. The van der Waals surface area contributed by atoms with Crippen molar-refractivity contribution in [2.45, 2.75) is 25.7 Å². The van der Waals surface area contributed by atoms with E-state index in [-0.39, 0.29) is 12.5 Å². The molecule has 5 heteroatoms. The van der Waals surface area contributed by atoms with Crippen LogP contribution in [-0.4, -0.2) is 47.7 Å². The maximum Gasteiger partial charge on any atom is 0.272 e. The molecule has 110 valence electrons. The van der Waals surface area contributed by atoms with Crippen LogP contribution in [0.2, 0.25) is 0 Å². The minimum absolute atomic E-state index is 0.0300. The van der Waals surface area contributed by atoms with Gasteiger partial charge in [0.15, 0.2) is 0 Å². The molecule has 0 aliphatic carbocycles. The smallest absolute Gasteiger partial charge is 0.272 e. The van der Waals surface area contributed by atoms with Crippen molar-refractivity contribution < 1.29 is 14.6 Å². The number of likely N-dealkylation sites (tertiary alicyclic amines) is 1. The van der Waals surface area contributed by atoms with E-state index in [1.807, 2.05) is 4.90 Å². The van der Waals surface area contributed by atoms with Crippen molar-refractivity contribution in [1.29, 1.82) is 0 Å². The van der Waals surface area contributed by atoms with Crippen LogP contribution >= 0.6 is 0 Å². The largest absolute Gasteiger partial charge is 0.497 e. The molecular weight excluding hydrogens is 256 g/mol. The number of ether oxygens (including phenoxy) is 1. The van der Waals surface area contributed by atoms with Gasteiger partial charge in [-0.1, -0.05) is 0 Å². The number of hydrogen-bond acceptors (Lipinski definition) is 4. The zero-order valence-corrected chi connectivity index (χ0v) is 11.9. The van der Waals surface area contributed by atoms with Crippen LogP contribution in [0.25, 0.3) is 0 Å². The summed E-state index contributed by atoms with van der Waals surface area (Å²) in [5.74, 6) is 1.11. The van der Waals surface area contributed by atoms with Gasteiger partial charge in [-0.3, -0.25) is 9.78 Å². The van der Waals surface area contributed by atoms with Gasteiger partial charge in [-0.05, 0) is 37.7 Å². The summed E-state index contributed by atoms with van der Waals surface area (Å²) in [5.41, 5.74) is 0.437. The van der Waals surface area contributed by atoms with Crippen molar-refractivity contribution >= 4 is 5.91 Å². The summed E-state index contributed by atoms with van der Waals surface area (Å²) in [6.45, 7) is 1.77. The molecule has 2 heterocycles. The first kappa shape index (κ1) is 14.8. The molecule has 1 aromatic rings. The molecule has 0 unspecified atom stereocenters. The second kappa shape index (κ2) is 7.24. The Morgan fingerprint density at radius 3 is 3.20 bits per heavy atom. The Balaban J connectivity index is 2.00. The third kappa shape index (κ3) is 3.70. The standard InChI is InChI=1S/C15H22N2O3/c1-20-13-6-7-16-14(10-13)15(19)17-8-2-4-12(11-17)5-3-9-18/h6-7,10,12,18H,2-5,8-9,11H2,1H3/t12-/m1/s1. The maximum atomic E-state index is 12.4. The van der Waals surface area contributed by atoms with Crippen molar-refractivity contribution in [2.24, 2.45) is 5.92 Å². The normalized spacial score (nSPS) is 18.9. The molecule has 1 fully saturated rings. The van der Waals surface area contributed by atoms with E-state index in [4.69, 9.17) is 9.84 Å². The van der Waals surface area contributed by atoms with E-state index in [1.165, 1.54) is 0 Å². The average molecular weight is 278 g/mol. The summed E-state index contributed by atoms with van der Waals surface area (Å²) < 4.78 is 5.13. The van der Waals surface area contributed by atoms with Gasteiger partial charge in [0.25, 0.3) is 5.91 Å². The van der Waals surface area contributed by atoms with Gasteiger partial charge >= 0.3 is 0 Å². The number of aromatic nitrogens is 1. The van der Waals surface area contributed by atoms with Crippen LogP contribution in [0.3, 0.4) is 0 Å². The van der Waals surface area contributed by atoms with Crippen LogP contribution in [0.15, 0.2) is 18.3 Å². The lowest BCUT2D eigenvalue weighted by Gasteiger charge is -2.32. The Hall–Kier alpha value is -1.62. The van der Waals surface area contributed by atoms with Gasteiger partial charge in [0.2, 0.25) is 0 Å². The van der Waals surface area contributed by atoms with Crippen LogP contribution < -0.4 is 4.74 Å². The third-order valence-electron chi connectivity index (χ3n) is 3.76. The monoisotopic (exact) mass is 278 g/mol. The molecule has 1 aliphatic rings. The van der Waals surface area contributed by atoms with E-state index >= 15 is 0 Å². The van der Waals surface area contributed by atoms with Crippen molar-refractivity contribution in [3.8, 4) is 5.75 Å². The number of piperidine rings is 1. The Bertz CT molecular complexity index is 450. The second-order valence-corrected chi connectivity index (χ2v) is 5.21. The van der Waals surface area contributed by atoms with Crippen molar-refractivity contribution in [1.82, 2.24) is 9.88 Å². The van der Waals surface area contributed by atoms with Crippen LogP contribution in [0, 0.1) is 5.92 Å². The van der Waals surface area contributed by atoms with Crippen molar-refractivity contribution in [3.63, 3.8) is 0 Å². The first-order chi connectivity index (χ1) is 9.74. The third-order valence-corrected chi connectivity index (χ3v) is 3.76. The Morgan fingerprint density at radius 1 is 1.60 bits per heavy atom. The lowest BCUT2D eigenvalue weighted by molar-refractivity contribution is 0.0657. The number of aliphatic hydroxyl groups excluding tert-OH is 1. The van der Waals surface area contributed by atoms with Gasteiger partial charge in [-0.15, -0.1) is 0 Å². The molecule has 0 bridgehead atoms. The number of carbonyl (C=O) groups excluding carboxylic acids is 1. The zero-order chi connectivity index (χ0) is 14.4. The van der Waals surface area contributed by atoms with Crippen LogP contribution in [0.1, 0.15) is 36.2 Å². The minimum Gasteiger partial charge on any atom is -0.497 e. The highest BCUT2D eigenvalue weighted by atomic mass is 16.5. The fraction of sp³-hybridized carbons (Fsp3) is 0.600. The van der Waals surface area contributed by atoms with E-state index in [0.29, 0.717) is 17.4 Å². The quantitative estimate of drug-likeness (QED) is 0.890. The molecule has 1 saturated heterocycles. The summed E-state index contributed by atoms with van der Waals surface area (Å²) >= 11 is 0. The molecule has 0 saturated carbocycles. The van der Waals surface area contributed by atoms with E-state index in [9.17, 15) is 4.79 Å². The number of hydrogen-bond donors (Lipinski definition) is 1. The Kier molecular flexibility index (Phi) is 5.35. The van der Waals surface area contributed by atoms with Gasteiger partial charge in [-0.2, -0.15) is 0 Å². The van der Waals surface area contributed by atoms with E-state index in [2.05, 4.69) is 4.98 Å². The predicted molar refractivity (Wildman–Crippen MR) is 75.7 cm³/mol. The second-order valence-electron chi connectivity index (χ2n) is 5.21. The average Bonchev–Trinajstić information content (AvgIpc) is 2.52. The number of aliphatic hydroxyl groups is 1. The topological polar surface area (TPSA) is 62.7 Å². The number of carbonyl (C=O) groups is 1. The SMILES string of the molecule is COc1ccnc(C(=O)N2CCC[C@H](CCCO)C2)c1. The number of rotatable bonds is 5. The molecule has 0 radical (unpaired) electrons. The molecule has 2 rings (SSSR count). The lowest BCUT2D eigenvalue weighted by atomic mass is 9.93. The van der Waals surface area contributed by atoms with E-state index in [1.54, 1.807) is 25.4 Å². The van der Waals surface area contributed by atoms with Crippen LogP contribution in [-0.2, 0) is 0 Å². The van der Waals surface area contributed by atoms with Crippen molar-refractivity contribution in [3.05, 3.63) is 24.0 Å². The van der Waals surface area contributed by atoms with Gasteiger partial charge < -0.3 is 14.7 Å². The van der Waals surface area contributed by atoms with Gasteiger partial charge in [0.05, 0.1) is 7.11 Å². The van der Waals surface area contributed by atoms with Crippen LogP contribution in [0.4, 0.5) is 0 Å². The van der Waals surface area contributed by atoms with E-state index in [0.717, 1.165) is 38.8 Å². The van der Waals surface area contributed by atoms with Gasteiger partial charge in [0, 0.05) is 32.0 Å². The Morgan fingerprint density at radius 2 is 2.45 bits per heavy atom. The predicted octanol–water partition coefficient (Wildman–Crippen LogP) is 1.71. The molecule has 0 spiro atoms. The first-order valence-corrected chi connectivity index (χ1v) is 7.14. The van der Waals surface area contributed by atoms with Gasteiger partial charge in [0.1, 0.15) is 11.4 Å². The number of nitrogens with zero attached hydrogens (tertiary/aromatic N) is 2. The summed E-state index contributed by atoms with van der Waals surface area (Å²) in [4.78, 5) is 18.5. The highest BCUT2D eigenvalue weighted by Crippen LogP contribution is 2.22. The molecule has 20 heavy (non-hydrogen) atoms. The first-order valence-electron chi connectivity index (χ1n) is 7.14. The Labute approximate surface area is 119 Å². The summed E-state index contributed by atoms with van der Waals surface area (Å²) in [5, 5.41) is 8.90. The zero-order valence-electron chi connectivity index (χ0n) is 11.9. The summed E-state index contributed by atoms with van der Waals surface area (Å²) in [7, 11) is 1.58. The molecule has 1 atom stereocenters. The molecule has 1 N–H and O–H groups in total. The molecule has 1 aromatic heterocycles. The minimum atomic E-state index is -0.0300. The fourth-order valence-electron chi connectivity index (χ4n) is 2.68. The number of amides is 1. The van der Waals surface area contributed by atoms with Crippen molar-refractivity contribution in [2.75, 3.05) is 26.8 Å². The molecule has 5 nitrogen and oxygen atoms in total. The van der Waals surface area contributed by atoms with E-state index < -0.39 is 0 Å². The molecular formula is C15H22N2O3. The highest BCUT2D eigenvalue weighted by molar-refractivity contribution is 5.92. The molecule has 1 aliphatic heterocycles. The maximum absolute atomic E-state index is 12.4. The highest BCUT2D eigenvalue weighted by Gasteiger charge is 2.25. The van der Waals surface area contributed by atoms with Gasteiger partial charge in [-0.25, -0.2) is 0 Å². The molecule has 1 amide bonds. The number of pyridine rings is 1. The summed E-state index contributed by atoms with van der Waals surface area (Å²) in [6.07, 6.45) is 5.54. The fourth-order valence-corrected chi connectivity index (χ4v) is 2.68. The van der Waals surface area contributed by atoms with Crippen LogP contribution in [0.5, 0.6) is 5.75 Å². The molecule has 0 aromatic carbocycles. The number of methoxy groups -OCH3 is 1.